The van der Waals surface area contributed by atoms with E-state index in [4.69, 9.17) is 5.73 Å². The molecule has 2 N–H and O–H groups in total. The molecule has 1 heterocycles. The highest BCUT2D eigenvalue weighted by Gasteiger charge is 1.94. The van der Waals surface area contributed by atoms with E-state index in [1.165, 1.54) is 16.4 Å². The van der Waals surface area contributed by atoms with Crippen LogP contribution in [0.2, 0.25) is 0 Å². The predicted octanol–water partition coefficient (Wildman–Crippen LogP) is 2.83. The summed E-state index contributed by atoms with van der Waals surface area (Å²) in [5.41, 5.74) is 5.56. The lowest BCUT2D eigenvalue weighted by molar-refractivity contribution is 1.11. The van der Waals surface area contributed by atoms with Gasteiger partial charge in [0.1, 0.15) is 0 Å². The minimum Gasteiger partial charge on any atom is -0.391 e. The van der Waals surface area contributed by atoms with Crippen molar-refractivity contribution in [3.8, 4) is 0 Å². The molecule has 1 aromatic rings. The molecule has 0 saturated carbocycles. The highest BCUT2D eigenvalue weighted by Crippen LogP contribution is 2.28. The van der Waals surface area contributed by atoms with Crippen LogP contribution in [0.5, 0.6) is 0 Å². The summed E-state index contributed by atoms with van der Waals surface area (Å²) in [5, 5.41) is 0.915. The van der Waals surface area contributed by atoms with Gasteiger partial charge in [-0.3, -0.25) is 0 Å². The van der Waals surface area contributed by atoms with E-state index in [1.807, 2.05) is 17.8 Å². The van der Waals surface area contributed by atoms with Crippen LogP contribution in [-0.4, -0.2) is 5.75 Å². The number of nitrogens with two attached hydrogens (primary N) is 1. The zero-order chi connectivity index (χ0) is 7.40. The third kappa shape index (κ3) is 2.23. The van der Waals surface area contributed by atoms with Crippen LogP contribution >= 0.6 is 23.1 Å². The highest BCUT2D eigenvalue weighted by molar-refractivity contribution is 8.01. The highest BCUT2D eigenvalue weighted by atomic mass is 32.2. The zero-order valence-electron chi connectivity index (χ0n) is 5.96. The Morgan fingerprint density at radius 1 is 1.60 bits per heavy atom. The molecule has 0 bridgehead atoms. The number of rotatable bonds is 3. The molecular weight excluding hydrogens is 162 g/mol. The molecule has 0 aliphatic rings. The molecule has 0 fully saturated rings. The van der Waals surface area contributed by atoms with Crippen molar-refractivity contribution in [1.29, 1.82) is 0 Å². The molecule has 3 heteroatoms. The van der Waals surface area contributed by atoms with Crippen LogP contribution in [0.4, 0.5) is 5.00 Å². The van der Waals surface area contributed by atoms with E-state index in [2.05, 4.69) is 13.0 Å². The Labute approximate surface area is 69.6 Å². The first-order chi connectivity index (χ1) is 4.83. The lowest BCUT2D eigenvalue weighted by atomic mass is 10.6. The van der Waals surface area contributed by atoms with Gasteiger partial charge in [0.25, 0.3) is 0 Å². The molecule has 1 nitrogen and oxygen atoms in total. The average Bonchev–Trinajstić information content (AvgIpc) is 2.31. The summed E-state index contributed by atoms with van der Waals surface area (Å²) in [6.45, 7) is 2.18. The number of anilines is 1. The van der Waals surface area contributed by atoms with Crippen molar-refractivity contribution in [1.82, 2.24) is 0 Å². The molecule has 10 heavy (non-hydrogen) atoms. The molecule has 0 aliphatic carbocycles. The first kappa shape index (κ1) is 7.95. The minimum absolute atomic E-state index is 0.915. The van der Waals surface area contributed by atoms with Gasteiger partial charge < -0.3 is 5.73 Å². The van der Waals surface area contributed by atoms with Crippen molar-refractivity contribution in [2.24, 2.45) is 0 Å². The summed E-state index contributed by atoms with van der Waals surface area (Å²) in [5.74, 6) is 1.19. The molecule has 0 saturated heterocycles. The molecule has 1 aromatic heterocycles. The lowest BCUT2D eigenvalue weighted by Gasteiger charge is -1.90. The summed E-state index contributed by atoms with van der Waals surface area (Å²) >= 11 is 3.55. The van der Waals surface area contributed by atoms with Crippen LogP contribution in [0.15, 0.2) is 16.3 Å². The van der Waals surface area contributed by atoms with Crippen LogP contribution in [0.3, 0.4) is 0 Å². The Morgan fingerprint density at radius 3 is 2.90 bits per heavy atom. The molecule has 56 valence electrons. The van der Waals surface area contributed by atoms with E-state index >= 15 is 0 Å². The fourth-order valence-electron chi connectivity index (χ4n) is 0.615. The van der Waals surface area contributed by atoms with E-state index in [0.29, 0.717) is 0 Å². The molecule has 0 aliphatic heterocycles. The second-order valence-corrected chi connectivity index (χ2v) is 4.52. The number of hydrogen-bond donors (Lipinski definition) is 1. The maximum atomic E-state index is 5.56. The topological polar surface area (TPSA) is 26.0 Å². The maximum Gasteiger partial charge on any atom is 0.0868 e. The minimum atomic E-state index is 0.915. The Balaban J connectivity index is 2.42. The van der Waals surface area contributed by atoms with Crippen LogP contribution in [-0.2, 0) is 0 Å². The van der Waals surface area contributed by atoms with Gasteiger partial charge in [0.2, 0.25) is 0 Å². The van der Waals surface area contributed by atoms with Gasteiger partial charge in [0.05, 0.1) is 9.21 Å². The van der Waals surface area contributed by atoms with Crippen molar-refractivity contribution in [2.75, 3.05) is 11.5 Å². The van der Waals surface area contributed by atoms with Crippen LogP contribution in [0, 0.1) is 0 Å². The van der Waals surface area contributed by atoms with Crippen LogP contribution in [0.25, 0.3) is 0 Å². The average molecular weight is 173 g/mol. The molecule has 1 rings (SSSR count). The van der Waals surface area contributed by atoms with Crippen molar-refractivity contribution in [3.63, 3.8) is 0 Å². The van der Waals surface area contributed by atoms with E-state index in [9.17, 15) is 0 Å². The van der Waals surface area contributed by atoms with Gasteiger partial charge in [0, 0.05) is 0 Å². The maximum absolute atomic E-state index is 5.56. The Kier molecular flexibility index (Phi) is 3.09. The Bertz CT molecular complexity index is 195. The SMILES string of the molecule is CCCSc1ccc(N)s1. The van der Waals surface area contributed by atoms with E-state index in [1.54, 1.807) is 11.3 Å². The zero-order valence-corrected chi connectivity index (χ0v) is 7.60. The largest absolute Gasteiger partial charge is 0.391 e. The number of thioether (sulfide) groups is 1. The smallest absolute Gasteiger partial charge is 0.0868 e. The van der Waals surface area contributed by atoms with Gasteiger partial charge in [-0.2, -0.15) is 0 Å². The molecule has 0 amide bonds. The second-order valence-electron chi connectivity index (χ2n) is 2.01. The number of hydrogen-bond acceptors (Lipinski definition) is 3. The third-order valence-electron chi connectivity index (χ3n) is 1.05. The summed E-state index contributed by atoms with van der Waals surface area (Å²) in [7, 11) is 0. The van der Waals surface area contributed by atoms with Gasteiger partial charge in [-0.05, 0) is 24.3 Å². The second kappa shape index (κ2) is 3.88. The summed E-state index contributed by atoms with van der Waals surface area (Å²) < 4.78 is 1.33. The van der Waals surface area contributed by atoms with Gasteiger partial charge >= 0.3 is 0 Å². The number of nitrogen functional groups attached to an aromatic ring is 1. The molecule has 0 radical (unpaired) electrons. The normalized spacial score (nSPS) is 10.1. The molecular formula is C7H11NS2. The monoisotopic (exact) mass is 173 g/mol. The van der Waals surface area contributed by atoms with Crippen molar-refractivity contribution in [3.05, 3.63) is 12.1 Å². The van der Waals surface area contributed by atoms with Gasteiger partial charge in [-0.15, -0.1) is 23.1 Å². The van der Waals surface area contributed by atoms with Crippen LogP contribution < -0.4 is 5.73 Å². The Hall–Kier alpha value is -0.150. The first-order valence-electron chi connectivity index (χ1n) is 3.31. The van der Waals surface area contributed by atoms with E-state index in [0.717, 1.165) is 5.00 Å². The number of thiophene rings is 1. The fourth-order valence-corrected chi connectivity index (χ4v) is 2.46. The Morgan fingerprint density at radius 2 is 2.40 bits per heavy atom. The standard InChI is InChI=1S/C7H11NS2/c1-2-5-9-7-4-3-6(8)10-7/h3-4H,2,5,8H2,1H3. The lowest BCUT2D eigenvalue weighted by Crippen LogP contribution is -1.72. The van der Waals surface area contributed by atoms with Crippen molar-refractivity contribution < 1.29 is 0 Å². The first-order valence-corrected chi connectivity index (χ1v) is 5.11. The summed E-state index contributed by atoms with van der Waals surface area (Å²) in [6.07, 6.45) is 1.22. The molecule has 0 unspecified atom stereocenters. The van der Waals surface area contributed by atoms with Gasteiger partial charge in [-0.1, -0.05) is 6.92 Å². The quantitative estimate of drug-likeness (QED) is 0.711. The summed E-state index contributed by atoms with van der Waals surface area (Å²) in [6, 6.07) is 4.04. The van der Waals surface area contributed by atoms with Gasteiger partial charge in [-0.25, -0.2) is 0 Å². The predicted molar refractivity (Wildman–Crippen MR) is 49.7 cm³/mol. The fraction of sp³-hybridized carbons (Fsp3) is 0.429. The van der Waals surface area contributed by atoms with Crippen molar-refractivity contribution in [2.45, 2.75) is 17.6 Å². The third-order valence-corrected chi connectivity index (χ3v) is 3.40. The molecule has 0 aromatic carbocycles. The summed E-state index contributed by atoms with van der Waals surface area (Å²) in [4.78, 5) is 0. The van der Waals surface area contributed by atoms with Gasteiger partial charge in [0.15, 0.2) is 0 Å². The molecule has 0 atom stereocenters. The molecule has 0 spiro atoms. The van der Waals surface area contributed by atoms with Crippen LogP contribution in [0.1, 0.15) is 13.3 Å². The van der Waals surface area contributed by atoms with Crippen molar-refractivity contribution >= 4 is 28.1 Å². The van der Waals surface area contributed by atoms with E-state index in [-0.39, 0.29) is 0 Å². The van der Waals surface area contributed by atoms with E-state index < -0.39 is 0 Å².